The molecule has 4 heteroatoms. The van der Waals surface area contributed by atoms with Crippen molar-refractivity contribution in [2.24, 2.45) is 0 Å². The second-order valence-electron chi connectivity index (χ2n) is 4.22. The molecule has 84 valence electrons. The van der Waals surface area contributed by atoms with E-state index in [0.717, 1.165) is 30.2 Å². The lowest BCUT2D eigenvalue weighted by atomic mass is 10.2. The highest BCUT2D eigenvalue weighted by molar-refractivity contribution is 7.18. The maximum Gasteiger partial charge on any atom is 0.0907 e. The standard InChI is InChI=1S/C12H15N3S/c1-9-14-11-7-10(3-4-12(11)16-9)8-15-6-2-5-13-15/h3-4,7,13H,2,5-6,8H2,1H3. The number of aromatic nitrogens is 1. The summed E-state index contributed by atoms with van der Waals surface area (Å²) in [6.07, 6.45) is 1.25. The molecule has 0 spiro atoms. The van der Waals surface area contributed by atoms with E-state index in [2.05, 4.69) is 40.5 Å². The smallest absolute Gasteiger partial charge is 0.0907 e. The lowest BCUT2D eigenvalue weighted by Gasteiger charge is -2.14. The maximum atomic E-state index is 4.53. The Hall–Kier alpha value is -0.970. The molecular weight excluding hydrogens is 218 g/mol. The number of aryl methyl sites for hydroxylation is 1. The molecule has 3 nitrogen and oxygen atoms in total. The molecule has 0 saturated carbocycles. The molecule has 0 aliphatic carbocycles. The van der Waals surface area contributed by atoms with Gasteiger partial charge in [0, 0.05) is 19.6 Å². The average Bonchev–Trinajstić information content (AvgIpc) is 2.85. The SMILES string of the molecule is Cc1nc2cc(CN3CCCN3)ccc2s1. The average molecular weight is 233 g/mol. The fourth-order valence-corrected chi connectivity index (χ4v) is 2.94. The lowest BCUT2D eigenvalue weighted by molar-refractivity contribution is 0.244. The van der Waals surface area contributed by atoms with Crippen LogP contribution in [0.4, 0.5) is 0 Å². The van der Waals surface area contributed by atoms with Crippen molar-refractivity contribution in [3.63, 3.8) is 0 Å². The van der Waals surface area contributed by atoms with E-state index >= 15 is 0 Å². The van der Waals surface area contributed by atoms with Crippen LogP contribution in [0.1, 0.15) is 17.0 Å². The third kappa shape index (κ3) is 1.96. The van der Waals surface area contributed by atoms with Gasteiger partial charge in [-0.25, -0.2) is 9.99 Å². The molecule has 3 rings (SSSR count). The zero-order chi connectivity index (χ0) is 11.0. The first-order valence-electron chi connectivity index (χ1n) is 5.66. The summed E-state index contributed by atoms with van der Waals surface area (Å²) in [5.74, 6) is 0. The quantitative estimate of drug-likeness (QED) is 0.863. The van der Waals surface area contributed by atoms with Crippen LogP contribution in [-0.4, -0.2) is 23.1 Å². The molecule has 1 aromatic carbocycles. The molecule has 1 fully saturated rings. The number of rotatable bonds is 2. The van der Waals surface area contributed by atoms with Crippen molar-refractivity contribution in [1.29, 1.82) is 0 Å². The predicted molar refractivity (Wildman–Crippen MR) is 67.4 cm³/mol. The van der Waals surface area contributed by atoms with Crippen molar-refractivity contribution in [2.75, 3.05) is 13.1 Å². The van der Waals surface area contributed by atoms with Gasteiger partial charge in [-0.1, -0.05) is 6.07 Å². The molecular formula is C12H15N3S. The Morgan fingerprint density at radius 3 is 3.25 bits per heavy atom. The largest absolute Gasteiger partial charge is 0.255 e. The van der Waals surface area contributed by atoms with Gasteiger partial charge in [0.1, 0.15) is 0 Å². The number of nitrogens with one attached hydrogen (secondary N) is 1. The molecule has 1 aliphatic rings. The fraction of sp³-hybridized carbons (Fsp3) is 0.417. The minimum absolute atomic E-state index is 0.979. The normalized spacial score (nSPS) is 17.3. The van der Waals surface area contributed by atoms with Gasteiger partial charge in [-0.3, -0.25) is 5.43 Å². The van der Waals surface area contributed by atoms with E-state index in [4.69, 9.17) is 0 Å². The molecule has 0 atom stereocenters. The number of hydrazine groups is 1. The number of fused-ring (bicyclic) bond motifs is 1. The summed E-state index contributed by atoms with van der Waals surface area (Å²) < 4.78 is 1.29. The highest BCUT2D eigenvalue weighted by Crippen LogP contribution is 2.22. The van der Waals surface area contributed by atoms with E-state index in [1.165, 1.54) is 16.7 Å². The molecule has 1 aliphatic heterocycles. The molecule has 0 unspecified atom stereocenters. The first-order chi connectivity index (χ1) is 7.81. The number of hydrogen-bond acceptors (Lipinski definition) is 4. The highest BCUT2D eigenvalue weighted by Gasteiger charge is 2.11. The first-order valence-corrected chi connectivity index (χ1v) is 6.47. The van der Waals surface area contributed by atoms with Crippen molar-refractivity contribution in [3.8, 4) is 0 Å². The molecule has 0 amide bonds. The van der Waals surface area contributed by atoms with Crippen molar-refractivity contribution in [1.82, 2.24) is 15.4 Å². The van der Waals surface area contributed by atoms with Crippen LogP contribution in [0, 0.1) is 6.92 Å². The molecule has 2 heterocycles. The second kappa shape index (κ2) is 4.13. The Morgan fingerprint density at radius 1 is 1.50 bits per heavy atom. The van der Waals surface area contributed by atoms with Crippen LogP contribution in [0.15, 0.2) is 18.2 Å². The summed E-state index contributed by atoms with van der Waals surface area (Å²) in [6, 6.07) is 6.60. The fourth-order valence-electron chi connectivity index (χ4n) is 2.13. The highest BCUT2D eigenvalue weighted by atomic mass is 32.1. The Kier molecular flexibility index (Phi) is 2.63. The number of benzene rings is 1. The van der Waals surface area contributed by atoms with Crippen molar-refractivity contribution in [3.05, 3.63) is 28.8 Å². The molecule has 2 aromatic rings. The van der Waals surface area contributed by atoms with Gasteiger partial charge >= 0.3 is 0 Å². The van der Waals surface area contributed by atoms with Gasteiger partial charge in [-0.15, -0.1) is 11.3 Å². The summed E-state index contributed by atoms with van der Waals surface area (Å²) >= 11 is 1.76. The molecule has 1 saturated heterocycles. The van der Waals surface area contributed by atoms with Gasteiger partial charge in [0.2, 0.25) is 0 Å². The van der Waals surface area contributed by atoms with Crippen LogP contribution in [-0.2, 0) is 6.54 Å². The van der Waals surface area contributed by atoms with E-state index in [0.29, 0.717) is 0 Å². The summed E-state index contributed by atoms with van der Waals surface area (Å²) in [4.78, 5) is 4.53. The van der Waals surface area contributed by atoms with E-state index in [1.54, 1.807) is 11.3 Å². The van der Waals surface area contributed by atoms with Gasteiger partial charge in [-0.2, -0.15) is 0 Å². The topological polar surface area (TPSA) is 28.2 Å². The second-order valence-corrected chi connectivity index (χ2v) is 5.45. The molecule has 1 N–H and O–H groups in total. The van der Waals surface area contributed by atoms with Gasteiger partial charge in [0.25, 0.3) is 0 Å². The van der Waals surface area contributed by atoms with Crippen molar-refractivity contribution in [2.45, 2.75) is 19.9 Å². The first kappa shape index (κ1) is 10.2. The summed E-state index contributed by atoms with van der Waals surface area (Å²) in [6.45, 7) is 5.30. The van der Waals surface area contributed by atoms with Gasteiger partial charge in [0.05, 0.1) is 15.2 Å². The number of nitrogens with zero attached hydrogens (tertiary/aromatic N) is 2. The van der Waals surface area contributed by atoms with Crippen LogP contribution in [0.5, 0.6) is 0 Å². The van der Waals surface area contributed by atoms with Gasteiger partial charge in [0.15, 0.2) is 0 Å². The van der Waals surface area contributed by atoms with Crippen LogP contribution in [0.3, 0.4) is 0 Å². The third-order valence-corrected chi connectivity index (χ3v) is 3.82. The Bertz CT molecular complexity index is 500. The number of hydrogen-bond donors (Lipinski definition) is 1. The van der Waals surface area contributed by atoms with E-state index in [1.807, 2.05) is 0 Å². The van der Waals surface area contributed by atoms with Crippen molar-refractivity contribution < 1.29 is 0 Å². The number of thiazole rings is 1. The molecule has 0 bridgehead atoms. The maximum absolute atomic E-state index is 4.53. The van der Waals surface area contributed by atoms with Crippen molar-refractivity contribution >= 4 is 21.6 Å². The van der Waals surface area contributed by atoms with Crippen LogP contribution in [0.25, 0.3) is 10.2 Å². The zero-order valence-corrected chi connectivity index (χ0v) is 10.2. The van der Waals surface area contributed by atoms with Gasteiger partial charge < -0.3 is 0 Å². The lowest BCUT2D eigenvalue weighted by Crippen LogP contribution is -2.29. The minimum atomic E-state index is 0.979. The van der Waals surface area contributed by atoms with Crippen LogP contribution >= 0.6 is 11.3 Å². The molecule has 0 radical (unpaired) electrons. The Labute approximate surface area is 99.1 Å². The summed E-state index contributed by atoms with van der Waals surface area (Å²) in [7, 11) is 0. The molecule has 16 heavy (non-hydrogen) atoms. The monoisotopic (exact) mass is 233 g/mol. The van der Waals surface area contributed by atoms with E-state index < -0.39 is 0 Å². The predicted octanol–water partition coefficient (Wildman–Crippen LogP) is 2.32. The summed E-state index contributed by atoms with van der Waals surface area (Å²) in [5, 5.41) is 3.42. The van der Waals surface area contributed by atoms with Gasteiger partial charge in [-0.05, 0) is 31.0 Å². The van der Waals surface area contributed by atoms with Crippen LogP contribution in [0.2, 0.25) is 0 Å². The Morgan fingerprint density at radius 2 is 2.44 bits per heavy atom. The van der Waals surface area contributed by atoms with E-state index in [-0.39, 0.29) is 0 Å². The minimum Gasteiger partial charge on any atom is -0.255 e. The Balaban J connectivity index is 1.86. The van der Waals surface area contributed by atoms with Crippen LogP contribution < -0.4 is 5.43 Å². The van der Waals surface area contributed by atoms with E-state index in [9.17, 15) is 0 Å². The molecule has 1 aromatic heterocycles. The zero-order valence-electron chi connectivity index (χ0n) is 9.36. The summed E-state index contributed by atoms with van der Waals surface area (Å²) in [5.41, 5.74) is 5.85. The third-order valence-electron chi connectivity index (χ3n) is 2.87.